The van der Waals surface area contributed by atoms with Crippen molar-refractivity contribution in [1.29, 1.82) is 0 Å². The average Bonchev–Trinajstić information content (AvgIpc) is 2.82. The van der Waals surface area contributed by atoms with Crippen LogP contribution in [-0.4, -0.2) is 18.2 Å². The molecule has 106 valence electrons. The van der Waals surface area contributed by atoms with Gasteiger partial charge in [-0.25, -0.2) is 0 Å². The Kier molecular flexibility index (Phi) is 4.24. The number of nitrogens with zero attached hydrogens (tertiary/aromatic N) is 1. The molecule has 3 N–H and O–H groups in total. The molecule has 2 rings (SSSR count). The van der Waals surface area contributed by atoms with Gasteiger partial charge in [0.25, 0.3) is 0 Å². The number of anilines is 2. The molecule has 0 radical (unpaired) electrons. The lowest BCUT2D eigenvalue weighted by Crippen LogP contribution is -2.12. The van der Waals surface area contributed by atoms with E-state index in [1.54, 1.807) is 26.2 Å². The Hall–Kier alpha value is -2.50. The number of amides is 1. The molecule has 1 amide bonds. The highest BCUT2D eigenvalue weighted by atomic mass is 16.5. The number of carbonyl (C=O) groups is 1. The third-order valence-corrected chi connectivity index (χ3v) is 2.83. The largest absolute Gasteiger partial charge is 0.495 e. The molecular formula is C14H17N3O3. The lowest BCUT2D eigenvalue weighted by Gasteiger charge is -2.07. The molecule has 1 aromatic heterocycles. The van der Waals surface area contributed by atoms with Gasteiger partial charge in [-0.05, 0) is 31.0 Å². The molecular weight excluding hydrogens is 258 g/mol. The predicted octanol–water partition coefficient (Wildman–Crippen LogP) is 2.15. The molecule has 0 bridgehead atoms. The first kappa shape index (κ1) is 13.9. The number of aromatic nitrogens is 1. The number of methoxy groups -OCH3 is 1. The van der Waals surface area contributed by atoms with Crippen molar-refractivity contribution in [1.82, 2.24) is 5.16 Å². The number of nitrogen functional groups attached to an aromatic ring is 1. The Morgan fingerprint density at radius 2 is 2.25 bits per heavy atom. The minimum Gasteiger partial charge on any atom is -0.495 e. The second kappa shape index (κ2) is 6.10. The van der Waals surface area contributed by atoms with E-state index in [4.69, 9.17) is 15.0 Å². The number of nitrogens with two attached hydrogens (primary N) is 1. The van der Waals surface area contributed by atoms with Gasteiger partial charge in [-0.1, -0.05) is 11.2 Å². The summed E-state index contributed by atoms with van der Waals surface area (Å²) in [6.07, 6.45) is 0.939. The van der Waals surface area contributed by atoms with Gasteiger partial charge in [-0.3, -0.25) is 4.79 Å². The van der Waals surface area contributed by atoms with Gasteiger partial charge in [-0.2, -0.15) is 0 Å². The zero-order valence-corrected chi connectivity index (χ0v) is 11.5. The fourth-order valence-electron chi connectivity index (χ4n) is 1.83. The summed E-state index contributed by atoms with van der Waals surface area (Å²) in [6.45, 7) is 1.77. The molecule has 0 aliphatic heterocycles. The van der Waals surface area contributed by atoms with Crippen LogP contribution in [0.4, 0.5) is 11.5 Å². The van der Waals surface area contributed by atoms with Crippen LogP contribution in [0.2, 0.25) is 0 Å². The quantitative estimate of drug-likeness (QED) is 0.816. The highest BCUT2D eigenvalue weighted by Crippen LogP contribution is 2.22. The monoisotopic (exact) mass is 275 g/mol. The van der Waals surface area contributed by atoms with Crippen LogP contribution in [0.3, 0.4) is 0 Å². The lowest BCUT2D eigenvalue weighted by atomic mass is 10.1. The van der Waals surface area contributed by atoms with Crippen molar-refractivity contribution in [2.24, 2.45) is 0 Å². The van der Waals surface area contributed by atoms with Gasteiger partial charge >= 0.3 is 0 Å². The Labute approximate surface area is 116 Å². The molecule has 0 spiro atoms. The third-order valence-electron chi connectivity index (χ3n) is 2.83. The standard InChI is InChI=1S/C14H17N3O3/c1-9-7-13(17-20-9)16-14(18)6-4-10-3-5-12(19-2)11(15)8-10/h3,5,7-8H,4,6,15H2,1-2H3,(H,16,17,18). The van der Waals surface area contributed by atoms with Crippen molar-refractivity contribution in [2.45, 2.75) is 19.8 Å². The molecule has 0 atom stereocenters. The van der Waals surface area contributed by atoms with Crippen LogP contribution in [0.15, 0.2) is 28.8 Å². The zero-order valence-electron chi connectivity index (χ0n) is 11.5. The van der Waals surface area contributed by atoms with Crippen molar-refractivity contribution in [3.63, 3.8) is 0 Å². The first-order valence-electron chi connectivity index (χ1n) is 6.24. The topological polar surface area (TPSA) is 90.4 Å². The molecule has 0 fully saturated rings. The molecule has 1 heterocycles. The molecule has 2 aromatic rings. The van der Waals surface area contributed by atoms with Crippen LogP contribution in [0, 0.1) is 6.92 Å². The number of nitrogens with one attached hydrogen (secondary N) is 1. The first-order valence-corrected chi connectivity index (χ1v) is 6.24. The Morgan fingerprint density at radius 3 is 2.85 bits per heavy atom. The van der Waals surface area contributed by atoms with Crippen molar-refractivity contribution >= 4 is 17.4 Å². The maximum absolute atomic E-state index is 11.8. The van der Waals surface area contributed by atoms with Crippen molar-refractivity contribution in [3.8, 4) is 5.75 Å². The van der Waals surface area contributed by atoms with Crippen molar-refractivity contribution in [2.75, 3.05) is 18.2 Å². The highest BCUT2D eigenvalue weighted by Gasteiger charge is 2.07. The number of benzene rings is 1. The van der Waals surface area contributed by atoms with Crippen LogP contribution in [-0.2, 0) is 11.2 Å². The van der Waals surface area contributed by atoms with Gasteiger partial charge in [0.1, 0.15) is 11.5 Å². The third kappa shape index (κ3) is 3.50. The fourth-order valence-corrected chi connectivity index (χ4v) is 1.83. The Balaban J connectivity index is 1.88. The van der Waals surface area contributed by atoms with Crippen LogP contribution < -0.4 is 15.8 Å². The minimum absolute atomic E-state index is 0.118. The van der Waals surface area contributed by atoms with Crippen molar-refractivity contribution in [3.05, 3.63) is 35.6 Å². The number of ether oxygens (including phenoxy) is 1. The van der Waals surface area contributed by atoms with Crippen LogP contribution >= 0.6 is 0 Å². The summed E-state index contributed by atoms with van der Waals surface area (Å²) < 4.78 is 9.96. The van der Waals surface area contributed by atoms with Crippen LogP contribution in [0.25, 0.3) is 0 Å². The summed E-state index contributed by atoms with van der Waals surface area (Å²) in [5, 5.41) is 6.37. The molecule has 6 nitrogen and oxygen atoms in total. The molecule has 0 saturated heterocycles. The van der Waals surface area contributed by atoms with Gasteiger partial charge in [0.2, 0.25) is 5.91 Å². The first-order chi connectivity index (χ1) is 9.58. The maximum atomic E-state index is 11.8. The van der Waals surface area contributed by atoms with Gasteiger partial charge < -0.3 is 20.3 Å². The van der Waals surface area contributed by atoms with E-state index in [0.29, 0.717) is 35.9 Å². The van der Waals surface area contributed by atoms with Gasteiger partial charge in [0.05, 0.1) is 12.8 Å². The number of carbonyl (C=O) groups excluding carboxylic acids is 1. The SMILES string of the molecule is COc1ccc(CCC(=O)Nc2cc(C)on2)cc1N. The summed E-state index contributed by atoms with van der Waals surface area (Å²) in [4.78, 5) is 11.8. The molecule has 6 heteroatoms. The molecule has 20 heavy (non-hydrogen) atoms. The summed E-state index contributed by atoms with van der Waals surface area (Å²) in [7, 11) is 1.57. The lowest BCUT2D eigenvalue weighted by molar-refractivity contribution is -0.116. The van der Waals surface area contributed by atoms with Crippen LogP contribution in [0.1, 0.15) is 17.7 Å². The smallest absolute Gasteiger partial charge is 0.225 e. The van der Waals surface area contributed by atoms with E-state index in [0.717, 1.165) is 5.56 Å². The van der Waals surface area contributed by atoms with Crippen molar-refractivity contribution < 1.29 is 14.1 Å². The van der Waals surface area contributed by atoms with E-state index in [-0.39, 0.29) is 5.91 Å². The second-order valence-corrected chi connectivity index (χ2v) is 4.45. The van der Waals surface area contributed by atoms with E-state index >= 15 is 0 Å². The van der Waals surface area contributed by atoms with E-state index in [1.165, 1.54) is 0 Å². The average molecular weight is 275 g/mol. The van der Waals surface area contributed by atoms with Gasteiger partial charge in [0.15, 0.2) is 5.82 Å². The van der Waals surface area contributed by atoms with Gasteiger partial charge in [-0.15, -0.1) is 0 Å². The van der Waals surface area contributed by atoms with E-state index in [9.17, 15) is 4.79 Å². The Morgan fingerprint density at radius 1 is 1.45 bits per heavy atom. The van der Waals surface area contributed by atoms with E-state index < -0.39 is 0 Å². The van der Waals surface area contributed by atoms with E-state index in [2.05, 4.69) is 10.5 Å². The fraction of sp³-hybridized carbons (Fsp3) is 0.286. The van der Waals surface area contributed by atoms with E-state index in [1.807, 2.05) is 12.1 Å². The predicted molar refractivity (Wildman–Crippen MR) is 75.6 cm³/mol. The number of rotatable bonds is 5. The minimum atomic E-state index is -0.118. The van der Waals surface area contributed by atoms with Crippen LogP contribution in [0.5, 0.6) is 5.75 Å². The number of aryl methyl sites for hydroxylation is 2. The second-order valence-electron chi connectivity index (χ2n) is 4.45. The molecule has 0 aliphatic carbocycles. The maximum Gasteiger partial charge on any atom is 0.225 e. The summed E-state index contributed by atoms with van der Waals surface area (Å²) in [5.74, 6) is 1.61. The summed E-state index contributed by atoms with van der Waals surface area (Å²) >= 11 is 0. The number of hydrogen-bond acceptors (Lipinski definition) is 5. The molecule has 0 aliphatic rings. The molecule has 0 saturated carbocycles. The molecule has 0 unspecified atom stereocenters. The normalized spacial score (nSPS) is 10.3. The van der Waals surface area contributed by atoms with Gasteiger partial charge in [0, 0.05) is 12.5 Å². The zero-order chi connectivity index (χ0) is 14.5. The molecule has 1 aromatic carbocycles. The highest BCUT2D eigenvalue weighted by molar-refractivity contribution is 5.89. The Bertz CT molecular complexity index is 607. The summed E-state index contributed by atoms with van der Waals surface area (Å²) in [5.41, 5.74) is 7.37. The summed E-state index contributed by atoms with van der Waals surface area (Å²) in [6, 6.07) is 7.17. The number of hydrogen-bond donors (Lipinski definition) is 2.